The normalized spacial score (nSPS) is 21.4. The lowest BCUT2D eigenvalue weighted by atomic mass is 10.1. The zero-order valence-corrected chi connectivity index (χ0v) is 10.4. The average molecular weight is 254 g/mol. The molecule has 0 unspecified atom stereocenters. The predicted octanol–water partition coefficient (Wildman–Crippen LogP) is 1.98. The first-order valence-corrected chi connectivity index (χ1v) is 6.23. The Labute approximate surface area is 106 Å². The van der Waals surface area contributed by atoms with Gasteiger partial charge in [-0.1, -0.05) is 23.7 Å². The summed E-state index contributed by atoms with van der Waals surface area (Å²) < 4.78 is 0. The monoisotopic (exact) mass is 253 g/mol. The van der Waals surface area contributed by atoms with Gasteiger partial charge in [0.2, 0.25) is 0 Å². The van der Waals surface area contributed by atoms with Gasteiger partial charge in [0.05, 0.1) is 17.7 Å². The van der Waals surface area contributed by atoms with Crippen LogP contribution >= 0.6 is 11.6 Å². The predicted molar refractivity (Wildman–Crippen MR) is 67.5 cm³/mol. The number of carbonyl (C=O) groups is 1. The van der Waals surface area contributed by atoms with Gasteiger partial charge in [-0.3, -0.25) is 9.69 Å². The van der Waals surface area contributed by atoms with Crippen LogP contribution < -0.4 is 0 Å². The van der Waals surface area contributed by atoms with Gasteiger partial charge in [-0.2, -0.15) is 0 Å². The molecule has 1 fully saturated rings. The number of hydrogen-bond donors (Lipinski definition) is 1. The number of hydrogen-bond acceptors (Lipinski definition) is 3. The van der Waals surface area contributed by atoms with E-state index in [0.717, 1.165) is 19.4 Å². The number of piperidine rings is 1. The molecular formula is C13H16ClNO2. The Morgan fingerprint density at radius 1 is 1.47 bits per heavy atom. The van der Waals surface area contributed by atoms with Gasteiger partial charge in [0.15, 0.2) is 5.78 Å². The molecule has 0 aromatic heterocycles. The Hall–Kier alpha value is -0.900. The molecule has 1 aromatic carbocycles. The van der Waals surface area contributed by atoms with Crippen LogP contribution in [0.5, 0.6) is 0 Å². The summed E-state index contributed by atoms with van der Waals surface area (Å²) in [5.74, 6) is 0.0182. The van der Waals surface area contributed by atoms with Gasteiger partial charge in [-0.15, -0.1) is 0 Å². The van der Waals surface area contributed by atoms with Gasteiger partial charge in [0.25, 0.3) is 0 Å². The number of aliphatic hydroxyl groups excluding tert-OH is 1. The van der Waals surface area contributed by atoms with Gasteiger partial charge < -0.3 is 5.11 Å². The second-order valence-corrected chi connectivity index (χ2v) is 4.84. The van der Waals surface area contributed by atoms with E-state index in [0.29, 0.717) is 23.7 Å². The number of halogens is 1. The molecule has 1 aliphatic rings. The van der Waals surface area contributed by atoms with Crippen molar-refractivity contribution in [3.63, 3.8) is 0 Å². The molecule has 0 aliphatic carbocycles. The van der Waals surface area contributed by atoms with E-state index in [-0.39, 0.29) is 11.9 Å². The van der Waals surface area contributed by atoms with Gasteiger partial charge in [0, 0.05) is 12.1 Å². The zero-order chi connectivity index (χ0) is 12.3. The molecule has 1 heterocycles. The van der Waals surface area contributed by atoms with Crippen molar-refractivity contribution in [1.82, 2.24) is 4.90 Å². The van der Waals surface area contributed by atoms with Crippen molar-refractivity contribution in [2.75, 3.05) is 19.6 Å². The number of β-amino-alcohol motifs (C(OH)–C–C–N with tert-alkyl or cyclic N) is 1. The molecule has 0 bridgehead atoms. The Morgan fingerprint density at radius 3 is 2.94 bits per heavy atom. The second kappa shape index (κ2) is 5.63. The molecule has 0 saturated carbocycles. The highest BCUT2D eigenvalue weighted by molar-refractivity contribution is 6.34. The summed E-state index contributed by atoms with van der Waals surface area (Å²) >= 11 is 5.98. The van der Waals surface area contributed by atoms with Crippen LogP contribution in [0.1, 0.15) is 23.2 Å². The lowest BCUT2D eigenvalue weighted by Gasteiger charge is -2.29. The molecule has 0 amide bonds. The minimum absolute atomic E-state index is 0.0182. The molecule has 1 saturated heterocycles. The summed E-state index contributed by atoms with van der Waals surface area (Å²) in [4.78, 5) is 14.0. The second-order valence-electron chi connectivity index (χ2n) is 4.43. The molecule has 4 heteroatoms. The maximum atomic E-state index is 12.0. The third-order valence-electron chi connectivity index (χ3n) is 3.02. The Bertz CT molecular complexity index is 408. The quantitative estimate of drug-likeness (QED) is 0.838. The number of aliphatic hydroxyl groups is 1. The van der Waals surface area contributed by atoms with Crippen molar-refractivity contribution in [2.24, 2.45) is 0 Å². The fraction of sp³-hybridized carbons (Fsp3) is 0.462. The first kappa shape index (κ1) is 12.6. The SMILES string of the molecule is O=C(CN1CCC[C@H](O)C1)c1ccccc1Cl. The van der Waals surface area contributed by atoms with Gasteiger partial charge >= 0.3 is 0 Å². The molecule has 1 aliphatic heterocycles. The third kappa shape index (κ3) is 3.28. The smallest absolute Gasteiger partial charge is 0.178 e. The number of rotatable bonds is 3. The zero-order valence-electron chi connectivity index (χ0n) is 9.60. The average Bonchev–Trinajstić information content (AvgIpc) is 2.29. The van der Waals surface area contributed by atoms with E-state index in [4.69, 9.17) is 11.6 Å². The molecule has 17 heavy (non-hydrogen) atoms. The van der Waals surface area contributed by atoms with Crippen LogP contribution in [0.4, 0.5) is 0 Å². The van der Waals surface area contributed by atoms with E-state index < -0.39 is 0 Å². The first-order chi connectivity index (χ1) is 8.16. The molecular weight excluding hydrogens is 238 g/mol. The van der Waals surface area contributed by atoms with Crippen molar-refractivity contribution >= 4 is 17.4 Å². The van der Waals surface area contributed by atoms with Crippen molar-refractivity contribution < 1.29 is 9.90 Å². The van der Waals surface area contributed by atoms with Crippen LogP contribution in [-0.2, 0) is 0 Å². The fourth-order valence-corrected chi connectivity index (χ4v) is 2.39. The maximum absolute atomic E-state index is 12.0. The van der Waals surface area contributed by atoms with Crippen molar-refractivity contribution in [2.45, 2.75) is 18.9 Å². The molecule has 2 rings (SSSR count). The fourth-order valence-electron chi connectivity index (χ4n) is 2.15. The van der Waals surface area contributed by atoms with Crippen LogP contribution in [0.15, 0.2) is 24.3 Å². The Balaban J connectivity index is 1.99. The first-order valence-electron chi connectivity index (χ1n) is 5.85. The molecule has 1 atom stereocenters. The van der Waals surface area contributed by atoms with E-state index in [9.17, 15) is 9.90 Å². The highest BCUT2D eigenvalue weighted by atomic mass is 35.5. The lowest BCUT2D eigenvalue weighted by Crippen LogP contribution is -2.41. The Morgan fingerprint density at radius 2 is 2.24 bits per heavy atom. The van der Waals surface area contributed by atoms with Crippen LogP contribution in [0.3, 0.4) is 0 Å². The topological polar surface area (TPSA) is 40.5 Å². The molecule has 0 radical (unpaired) electrons. The van der Waals surface area contributed by atoms with E-state index in [2.05, 4.69) is 0 Å². The van der Waals surface area contributed by atoms with Crippen molar-refractivity contribution in [3.05, 3.63) is 34.9 Å². The highest BCUT2D eigenvalue weighted by Gasteiger charge is 2.20. The largest absolute Gasteiger partial charge is 0.392 e. The minimum Gasteiger partial charge on any atom is -0.392 e. The van der Waals surface area contributed by atoms with Crippen LogP contribution in [0.25, 0.3) is 0 Å². The summed E-state index contributed by atoms with van der Waals surface area (Å²) in [7, 11) is 0. The van der Waals surface area contributed by atoms with Crippen LogP contribution in [-0.4, -0.2) is 41.5 Å². The summed E-state index contributed by atoms with van der Waals surface area (Å²) in [5.41, 5.74) is 0.564. The summed E-state index contributed by atoms with van der Waals surface area (Å²) in [6.07, 6.45) is 1.47. The van der Waals surface area contributed by atoms with Crippen molar-refractivity contribution in [1.29, 1.82) is 0 Å². The number of carbonyl (C=O) groups excluding carboxylic acids is 1. The van der Waals surface area contributed by atoms with Gasteiger partial charge in [-0.05, 0) is 31.5 Å². The number of ketones is 1. The summed E-state index contributed by atoms with van der Waals surface area (Å²) in [5, 5.41) is 10.0. The molecule has 3 nitrogen and oxygen atoms in total. The number of likely N-dealkylation sites (tertiary alicyclic amines) is 1. The van der Waals surface area contributed by atoms with Crippen LogP contribution in [0, 0.1) is 0 Å². The number of nitrogens with zero attached hydrogens (tertiary/aromatic N) is 1. The molecule has 92 valence electrons. The number of benzene rings is 1. The minimum atomic E-state index is -0.303. The van der Waals surface area contributed by atoms with E-state index in [1.165, 1.54) is 0 Å². The molecule has 1 N–H and O–H groups in total. The van der Waals surface area contributed by atoms with Crippen LogP contribution in [0.2, 0.25) is 5.02 Å². The van der Waals surface area contributed by atoms with Crippen molar-refractivity contribution in [3.8, 4) is 0 Å². The Kier molecular flexibility index (Phi) is 4.15. The standard InChI is InChI=1S/C13H16ClNO2/c14-12-6-2-1-5-11(12)13(17)9-15-7-3-4-10(16)8-15/h1-2,5-6,10,16H,3-4,7-9H2/t10-/m0/s1. The maximum Gasteiger partial charge on any atom is 0.178 e. The highest BCUT2D eigenvalue weighted by Crippen LogP contribution is 2.17. The summed E-state index contributed by atoms with van der Waals surface area (Å²) in [6, 6.07) is 7.08. The molecule has 0 spiro atoms. The van der Waals surface area contributed by atoms with E-state index in [1.54, 1.807) is 12.1 Å². The number of Topliss-reactive ketones (excluding diaryl/α,β-unsaturated/α-hetero) is 1. The van der Waals surface area contributed by atoms with Gasteiger partial charge in [-0.25, -0.2) is 0 Å². The third-order valence-corrected chi connectivity index (χ3v) is 3.35. The lowest BCUT2D eigenvalue weighted by molar-refractivity contribution is 0.0634. The summed E-state index contributed by atoms with van der Waals surface area (Å²) in [6.45, 7) is 1.78. The van der Waals surface area contributed by atoms with E-state index >= 15 is 0 Å². The molecule has 1 aromatic rings. The van der Waals surface area contributed by atoms with E-state index in [1.807, 2.05) is 17.0 Å². The van der Waals surface area contributed by atoms with Gasteiger partial charge in [0.1, 0.15) is 0 Å².